The van der Waals surface area contributed by atoms with Gasteiger partial charge in [0.05, 0.1) is 0 Å². The van der Waals surface area contributed by atoms with Gasteiger partial charge in [-0.05, 0) is 24.9 Å². The Morgan fingerprint density at radius 1 is 1.23 bits per heavy atom. The van der Waals surface area contributed by atoms with Crippen LogP contribution >= 0.6 is 0 Å². The van der Waals surface area contributed by atoms with E-state index in [0.29, 0.717) is 0 Å². The molecule has 0 spiro atoms. The molecule has 0 saturated carbocycles. The third-order valence-electron chi connectivity index (χ3n) is 4.25. The highest BCUT2D eigenvalue weighted by Gasteiger charge is 2.27. The number of piperazine rings is 1. The SMILES string of the molecule is CC(C)(Cc1ccccc1)C(=O)NCCCN1CCNCC1. The maximum atomic E-state index is 12.4. The second-order valence-corrected chi connectivity index (χ2v) is 6.75. The molecule has 0 radical (unpaired) electrons. The fraction of sp³-hybridized carbons (Fsp3) is 0.611. The van der Waals surface area contributed by atoms with Crippen molar-refractivity contribution in [2.75, 3.05) is 39.3 Å². The Balaban J connectivity index is 1.69. The summed E-state index contributed by atoms with van der Waals surface area (Å²) < 4.78 is 0. The summed E-state index contributed by atoms with van der Waals surface area (Å²) in [4.78, 5) is 14.8. The predicted molar refractivity (Wildman–Crippen MR) is 90.9 cm³/mol. The quantitative estimate of drug-likeness (QED) is 0.753. The molecular formula is C18H29N3O. The lowest BCUT2D eigenvalue weighted by atomic mass is 9.85. The number of hydrogen-bond donors (Lipinski definition) is 2. The first kappa shape index (κ1) is 17.0. The van der Waals surface area contributed by atoms with E-state index in [9.17, 15) is 4.79 Å². The Kier molecular flexibility index (Phi) is 6.40. The molecule has 1 aromatic rings. The summed E-state index contributed by atoms with van der Waals surface area (Å²) in [6, 6.07) is 10.2. The summed E-state index contributed by atoms with van der Waals surface area (Å²) in [5, 5.41) is 6.46. The van der Waals surface area contributed by atoms with Gasteiger partial charge in [0.2, 0.25) is 5.91 Å². The summed E-state index contributed by atoms with van der Waals surface area (Å²) in [5.74, 6) is 0.150. The largest absolute Gasteiger partial charge is 0.356 e. The minimum Gasteiger partial charge on any atom is -0.356 e. The lowest BCUT2D eigenvalue weighted by molar-refractivity contribution is -0.129. The molecule has 0 bridgehead atoms. The van der Waals surface area contributed by atoms with E-state index in [2.05, 4.69) is 27.7 Å². The van der Waals surface area contributed by atoms with Gasteiger partial charge in [0.15, 0.2) is 0 Å². The molecule has 22 heavy (non-hydrogen) atoms. The van der Waals surface area contributed by atoms with Gasteiger partial charge in [-0.25, -0.2) is 0 Å². The van der Waals surface area contributed by atoms with E-state index in [1.807, 2.05) is 32.0 Å². The molecule has 0 aromatic heterocycles. The second-order valence-electron chi connectivity index (χ2n) is 6.75. The van der Waals surface area contributed by atoms with Crippen molar-refractivity contribution in [2.45, 2.75) is 26.7 Å². The monoisotopic (exact) mass is 303 g/mol. The van der Waals surface area contributed by atoms with Crippen LogP contribution in [0.5, 0.6) is 0 Å². The molecule has 2 N–H and O–H groups in total. The molecule has 1 aromatic carbocycles. The fourth-order valence-electron chi connectivity index (χ4n) is 2.87. The standard InChI is InChI=1S/C18H29N3O/c1-18(2,15-16-7-4-3-5-8-16)17(22)20-9-6-12-21-13-10-19-11-14-21/h3-5,7-8,19H,6,9-15H2,1-2H3,(H,20,22). The van der Waals surface area contributed by atoms with E-state index in [1.54, 1.807) is 0 Å². The number of carbonyl (C=O) groups excluding carboxylic acids is 1. The van der Waals surface area contributed by atoms with Crippen molar-refractivity contribution in [3.05, 3.63) is 35.9 Å². The number of nitrogens with one attached hydrogen (secondary N) is 2. The zero-order valence-corrected chi connectivity index (χ0v) is 13.9. The Morgan fingerprint density at radius 2 is 1.91 bits per heavy atom. The van der Waals surface area contributed by atoms with Gasteiger partial charge in [-0.15, -0.1) is 0 Å². The van der Waals surface area contributed by atoms with Crippen LogP contribution in [-0.2, 0) is 11.2 Å². The highest BCUT2D eigenvalue weighted by atomic mass is 16.2. The minimum atomic E-state index is -0.365. The molecule has 0 aliphatic carbocycles. The third-order valence-corrected chi connectivity index (χ3v) is 4.25. The molecule has 122 valence electrons. The average Bonchev–Trinajstić information content (AvgIpc) is 2.53. The lowest BCUT2D eigenvalue weighted by Crippen LogP contribution is -2.44. The molecule has 1 saturated heterocycles. The van der Waals surface area contributed by atoms with Gasteiger partial charge < -0.3 is 15.5 Å². The Morgan fingerprint density at radius 3 is 2.59 bits per heavy atom. The van der Waals surface area contributed by atoms with Crippen LogP contribution in [0.25, 0.3) is 0 Å². The minimum absolute atomic E-state index is 0.150. The van der Waals surface area contributed by atoms with Gasteiger partial charge in [-0.2, -0.15) is 0 Å². The van der Waals surface area contributed by atoms with Crippen molar-refractivity contribution in [3.63, 3.8) is 0 Å². The zero-order valence-electron chi connectivity index (χ0n) is 13.9. The fourth-order valence-corrected chi connectivity index (χ4v) is 2.87. The predicted octanol–water partition coefficient (Wildman–Crippen LogP) is 1.67. The Labute approximate surface area is 134 Å². The Bertz CT molecular complexity index is 453. The van der Waals surface area contributed by atoms with Crippen LogP contribution < -0.4 is 10.6 Å². The molecule has 1 amide bonds. The van der Waals surface area contributed by atoms with Crippen LogP contribution in [0.4, 0.5) is 0 Å². The summed E-state index contributed by atoms with van der Waals surface area (Å²) in [7, 11) is 0. The summed E-state index contributed by atoms with van der Waals surface area (Å²) in [5.41, 5.74) is 0.847. The van der Waals surface area contributed by atoms with E-state index in [1.165, 1.54) is 5.56 Å². The van der Waals surface area contributed by atoms with E-state index in [-0.39, 0.29) is 11.3 Å². The molecular weight excluding hydrogens is 274 g/mol. The number of hydrogen-bond acceptors (Lipinski definition) is 3. The van der Waals surface area contributed by atoms with Crippen molar-refractivity contribution in [3.8, 4) is 0 Å². The highest BCUT2D eigenvalue weighted by Crippen LogP contribution is 2.21. The van der Waals surface area contributed by atoms with Gasteiger partial charge >= 0.3 is 0 Å². The lowest BCUT2D eigenvalue weighted by Gasteiger charge is -2.27. The molecule has 4 nitrogen and oxygen atoms in total. The van der Waals surface area contributed by atoms with E-state index < -0.39 is 0 Å². The molecule has 0 unspecified atom stereocenters. The van der Waals surface area contributed by atoms with Gasteiger partial charge in [0.1, 0.15) is 0 Å². The van der Waals surface area contributed by atoms with Gasteiger partial charge in [-0.3, -0.25) is 4.79 Å². The van der Waals surface area contributed by atoms with Gasteiger partial charge in [0.25, 0.3) is 0 Å². The normalized spacial score (nSPS) is 16.5. The first-order valence-corrected chi connectivity index (χ1v) is 8.33. The molecule has 1 heterocycles. The summed E-state index contributed by atoms with van der Waals surface area (Å²) in [6.07, 6.45) is 1.80. The van der Waals surface area contributed by atoms with Crippen molar-refractivity contribution in [1.82, 2.24) is 15.5 Å². The highest BCUT2D eigenvalue weighted by molar-refractivity contribution is 5.82. The number of nitrogens with zero attached hydrogens (tertiary/aromatic N) is 1. The van der Waals surface area contributed by atoms with Crippen molar-refractivity contribution < 1.29 is 4.79 Å². The smallest absolute Gasteiger partial charge is 0.225 e. The Hall–Kier alpha value is -1.39. The second kappa shape index (κ2) is 8.30. The topological polar surface area (TPSA) is 44.4 Å². The average molecular weight is 303 g/mol. The van der Waals surface area contributed by atoms with E-state index >= 15 is 0 Å². The van der Waals surface area contributed by atoms with E-state index in [4.69, 9.17) is 0 Å². The number of carbonyl (C=O) groups is 1. The zero-order chi connectivity index (χ0) is 15.8. The number of amides is 1. The summed E-state index contributed by atoms with van der Waals surface area (Å²) in [6.45, 7) is 10.3. The third kappa shape index (κ3) is 5.43. The number of rotatable bonds is 7. The van der Waals surface area contributed by atoms with Crippen LogP contribution in [-0.4, -0.2) is 50.1 Å². The number of benzene rings is 1. The van der Waals surface area contributed by atoms with Crippen molar-refractivity contribution in [1.29, 1.82) is 0 Å². The molecule has 2 rings (SSSR count). The molecule has 4 heteroatoms. The van der Waals surface area contributed by atoms with Crippen LogP contribution in [0.3, 0.4) is 0 Å². The van der Waals surface area contributed by atoms with E-state index in [0.717, 1.165) is 52.1 Å². The van der Waals surface area contributed by atoms with Crippen LogP contribution in [0.15, 0.2) is 30.3 Å². The molecule has 1 aliphatic rings. The first-order chi connectivity index (χ1) is 10.6. The van der Waals surface area contributed by atoms with Crippen LogP contribution in [0, 0.1) is 5.41 Å². The first-order valence-electron chi connectivity index (χ1n) is 8.33. The van der Waals surface area contributed by atoms with Crippen LogP contribution in [0.1, 0.15) is 25.8 Å². The van der Waals surface area contributed by atoms with Gasteiger partial charge in [-0.1, -0.05) is 44.2 Å². The molecule has 1 aliphatic heterocycles. The maximum absolute atomic E-state index is 12.4. The van der Waals surface area contributed by atoms with Gasteiger partial charge in [0, 0.05) is 38.1 Å². The van der Waals surface area contributed by atoms with Crippen molar-refractivity contribution >= 4 is 5.91 Å². The molecule has 1 fully saturated rings. The summed E-state index contributed by atoms with van der Waals surface area (Å²) >= 11 is 0. The van der Waals surface area contributed by atoms with Crippen molar-refractivity contribution in [2.24, 2.45) is 5.41 Å². The van der Waals surface area contributed by atoms with Crippen LogP contribution in [0.2, 0.25) is 0 Å². The maximum Gasteiger partial charge on any atom is 0.225 e. The molecule has 0 atom stereocenters.